The first kappa shape index (κ1) is 25.5. The first-order valence-corrected chi connectivity index (χ1v) is 12.6. The normalized spacial score (nSPS) is 14.2. The summed E-state index contributed by atoms with van der Waals surface area (Å²) in [6.45, 7) is 4.35. The molecule has 0 atom stereocenters. The minimum absolute atomic E-state index is 0.0609. The maximum absolute atomic E-state index is 12.4. The largest absolute Gasteiger partial charge is 0.490 e. The Kier molecular flexibility index (Phi) is 9.15. The molecule has 1 heterocycles. The Balaban J connectivity index is 1.22. The molecule has 3 aromatic carbocycles. The average Bonchev–Trinajstić information content (AvgIpc) is 2.90. The van der Waals surface area contributed by atoms with Crippen LogP contribution in [0, 0.1) is 11.8 Å². The van der Waals surface area contributed by atoms with Crippen molar-refractivity contribution in [2.45, 2.75) is 25.5 Å². The molecule has 1 fully saturated rings. The van der Waals surface area contributed by atoms with E-state index in [1.165, 1.54) is 5.56 Å². The standard InChI is InChI=1S/C31H35N3O2/c1-33(2)22-19-32-31(35)28-9-6-10-30(23-28)36-29-17-20-34(21-18-29)24-27-15-13-26(14-16-27)12-11-25-7-4-3-5-8-25/h3-10,13-16,23,29H,17-22,24H2,1-2H3,(H,32,35). The van der Waals surface area contributed by atoms with E-state index in [1.54, 1.807) is 0 Å². The maximum Gasteiger partial charge on any atom is 0.251 e. The monoisotopic (exact) mass is 481 g/mol. The van der Waals surface area contributed by atoms with Gasteiger partial charge in [-0.1, -0.05) is 48.2 Å². The molecule has 0 aromatic heterocycles. The minimum Gasteiger partial charge on any atom is -0.490 e. The zero-order valence-corrected chi connectivity index (χ0v) is 21.2. The minimum atomic E-state index is -0.0609. The van der Waals surface area contributed by atoms with E-state index in [4.69, 9.17) is 4.74 Å². The number of carbonyl (C=O) groups is 1. The summed E-state index contributed by atoms with van der Waals surface area (Å²) >= 11 is 0. The van der Waals surface area contributed by atoms with Gasteiger partial charge in [0, 0.05) is 49.4 Å². The number of ether oxygens (including phenoxy) is 1. The number of hydrogen-bond acceptors (Lipinski definition) is 4. The molecule has 186 valence electrons. The SMILES string of the molecule is CN(C)CCNC(=O)c1cccc(OC2CCN(Cc3ccc(C#Cc4ccccc4)cc3)CC2)c1. The van der Waals surface area contributed by atoms with E-state index in [1.807, 2.05) is 73.6 Å². The highest BCUT2D eigenvalue weighted by atomic mass is 16.5. The number of amides is 1. The highest BCUT2D eigenvalue weighted by Crippen LogP contribution is 2.21. The summed E-state index contributed by atoms with van der Waals surface area (Å²) in [5, 5.41) is 2.96. The van der Waals surface area contributed by atoms with Crippen molar-refractivity contribution in [3.63, 3.8) is 0 Å². The molecule has 0 radical (unpaired) electrons. The van der Waals surface area contributed by atoms with Crippen molar-refractivity contribution in [2.75, 3.05) is 40.3 Å². The van der Waals surface area contributed by atoms with E-state index >= 15 is 0 Å². The van der Waals surface area contributed by atoms with Crippen LogP contribution in [0.2, 0.25) is 0 Å². The second kappa shape index (κ2) is 12.9. The third kappa shape index (κ3) is 7.98. The lowest BCUT2D eigenvalue weighted by Gasteiger charge is -2.32. The second-order valence-corrected chi connectivity index (χ2v) is 9.49. The van der Waals surface area contributed by atoms with Gasteiger partial charge in [-0.2, -0.15) is 0 Å². The van der Waals surface area contributed by atoms with Gasteiger partial charge in [-0.25, -0.2) is 0 Å². The predicted octanol–water partition coefficient (Wildman–Crippen LogP) is 4.42. The van der Waals surface area contributed by atoms with Crippen molar-refractivity contribution >= 4 is 5.91 Å². The molecule has 1 aliphatic heterocycles. The third-order valence-electron chi connectivity index (χ3n) is 6.26. The predicted molar refractivity (Wildman–Crippen MR) is 145 cm³/mol. The summed E-state index contributed by atoms with van der Waals surface area (Å²) in [6.07, 6.45) is 2.11. The Morgan fingerprint density at radius 3 is 2.33 bits per heavy atom. The van der Waals surface area contributed by atoms with Crippen molar-refractivity contribution in [3.05, 3.63) is 101 Å². The molecule has 4 rings (SSSR count). The van der Waals surface area contributed by atoms with Crippen molar-refractivity contribution in [1.29, 1.82) is 0 Å². The number of benzene rings is 3. The van der Waals surface area contributed by atoms with E-state index in [0.29, 0.717) is 12.1 Å². The van der Waals surface area contributed by atoms with Crippen LogP contribution in [0.1, 0.15) is 39.9 Å². The van der Waals surface area contributed by atoms with Crippen LogP contribution >= 0.6 is 0 Å². The molecule has 5 heteroatoms. The fraction of sp³-hybridized carbons (Fsp3) is 0.323. The van der Waals surface area contributed by atoms with Crippen molar-refractivity contribution < 1.29 is 9.53 Å². The Hall–Kier alpha value is -3.59. The molecule has 1 amide bonds. The lowest BCUT2D eigenvalue weighted by molar-refractivity contribution is 0.0935. The summed E-state index contributed by atoms with van der Waals surface area (Å²) in [6, 6.07) is 26.1. The molecule has 0 bridgehead atoms. The molecule has 5 nitrogen and oxygen atoms in total. The van der Waals surface area contributed by atoms with Crippen LogP contribution in [0.25, 0.3) is 0 Å². The number of piperidine rings is 1. The van der Waals surface area contributed by atoms with E-state index in [2.05, 4.69) is 46.3 Å². The molecule has 1 saturated heterocycles. The van der Waals surface area contributed by atoms with Crippen molar-refractivity contribution in [2.24, 2.45) is 0 Å². The van der Waals surface area contributed by atoms with Gasteiger partial charge < -0.3 is 15.0 Å². The van der Waals surface area contributed by atoms with Crippen LogP contribution in [-0.4, -0.2) is 62.1 Å². The van der Waals surface area contributed by atoms with E-state index < -0.39 is 0 Å². The topological polar surface area (TPSA) is 44.8 Å². The summed E-state index contributed by atoms with van der Waals surface area (Å²) in [5.74, 6) is 7.15. The number of hydrogen-bond donors (Lipinski definition) is 1. The highest BCUT2D eigenvalue weighted by Gasteiger charge is 2.21. The first-order chi connectivity index (χ1) is 17.5. The third-order valence-corrected chi connectivity index (χ3v) is 6.26. The van der Waals surface area contributed by atoms with Crippen LogP contribution in [0.3, 0.4) is 0 Å². The van der Waals surface area contributed by atoms with Crippen molar-refractivity contribution in [3.8, 4) is 17.6 Å². The Morgan fingerprint density at radius 2 is 1.64 bits per heavy atom. The fourth-order valence-corrected chi connectivity index (χ4v) is 4.20. The molecule has 36 heavy (non-hydrogen) atoms. The van der Waals surface area contributed by atoms with Crippen LogP contribution < -0.4 is 10.1 Å². The lowest BCUT2D eigenvalue weighted by atomic mass is 10.1. The molecule has 1 N–H and O–H groups in total. The molecular formula is C31H35N3O2. The van der Waals surface area contributed by atoms with Gasteiger partial charge in [-0.15, -0.1) is 0 Å². The summed E-state index contributed by atoms with van der Waals surface area (Å²) in [7, 11) is 3.98. The summed E-state index contributed by atoms with van der Waals surface area (Å²) in [5.41, 5.74) is 4.00. The zero-order chi connectivity index (χ0) is 25.2. The van der Waals surface area contributed by atoms with Gasteiger partial charge in [0.15, 0.2) is 0 Å². The number of likely N-dealkylation sites (tertiary alicyclic amines) is 1. The van der Waals surface area contributed by atoms with E-state index in [0.717, 1.165) is 55.9 Å². The number of carbonyl (C=O) groups excluding carboxylic acids is 1. The molecule has 0 saturated carbocycles. The smallest absolute Gasteiger partial charge is 0.251 e. The zero-order valence-electron chi connectivity index (χ0n) is 21.2. The average molecular weight is 482 g/mol. The van der Waals surface area contributed by atoms with Gasteiger partial charge in [-0.05, 0) is 75.0 Å². The maximum atomic E-state index is 12.4. The Labute approximate surface area is 215 Å². The summed E-state index contributed by atoms with van der Waals surface area (Å²) in [4.78, 5) is 16.9. The fourth-order valence-electron chi connectivity index (χ4n) is 4.20. The number of rotatable bonds is 8. The quantitative estimate of drug-likeness (QED) is 0.484. The first-order valence-electron chi connectivity index (χ1n) is 12.6. The molecular weight excluding hydrogens is 446 g/mol. The summed E-state index contributed by atoms with van der Waals surface area (Å²) < 4.78 is 6.24. The van der Waals surface area contributed by atoms with Crippen LogP contribution in [-0.2, 0) is 6.54 Å². The lowest BCUT2D eigenvalue weighted by Crippen LogP contribution is -2.37. The molecule has 1 aliphatic rings. The second-order valence-electron chi connectivity index (χ2n) is 9.49. The molecule has 3 aromatic rings. The number of likely N-dealkylation sites (N-methyl/N-ethyl adjacent to an activating group) is 1. The molecule has 0 spiro atoms. The van der Waals surface area contributed by atoms with Crippen LogP contribution in [0.4, 0.5) is 0 Å². The van der Waals surface area contributed by atoms with E-state index in [-0.39, 0.29) is 12.0 Å². The van der Waals surface area contributed by atoms with Crippen LogP contribution in [0.15, 0.2) is 78.9 Å². The Morgan fingerprint density at radius 1 is 0.944 bits per heavy atom. The van der Waals surface area contributed by atoms with Gasteiger partial charge >= 0.3 is 0 Å². The molecule has 0 aliphatic carbocycles. The Bertz CT molecular complexity index is 1170. The van der Waals surface area contributed by atoms with Gasteiger partial charge in [0.05, 0.1) is 0 Å². The van der Waals surface area contributed by atoms with E-state index in [9.17, 15) is 4.79 Å². The molecule has 0 unspecified atom stereocenters. The van der Waals surface area contributed by atoms with Crippen molar-refractivity contribution in [1.82, 2.24) is 15.1 Å². The van der Waals surface area contributed by atoms with Gasteiger partial charge in [-0.3, -0.25) is 9.69 Å². The van der Waals surface area contributed by atoms with Gasteiger partial charge in [0.25, 0.3) is 5.91 Å². The highest BCUT2D eigenvalue weighted by molar-refractivity contribution is 5.94. The van der Waals surface area contributed by atoms with Gasteiger partial charge in [0.2, 0.25) is 0 Å². The number of nitrogens with zero attached hydrogens (tertiary/aromatic N) is 2. The number of nitrogens with one attached hydrogen (secondary N) is 1. The van der Waals surface area contributed by atoms with Gasteiger partial charge in [0.1, 0.15) is 11.9 Å². The van der Waals surface area contributed by atoms with Crippen LogP contribution in [0.5, 0.6) is 5.75 Å².